The highest BCUT2D eigenvalue weighted by atomic mass is 32.1. The van der Waals surface area contributed by atoms with Crippen LogP contribution in [0.5, 0.6) is 0 Å². The third kappa shape index (κ3) is 3.28. The lowest BCUT2D eigenvalue weighted by Crippen LogP contribution is -2.14. The number of nitrogens with one attached hydrogen (secondary N) is 1. The monoisotopic (exact) mass is 296 g/mol. The van der Waals surface area contributed by atoms with Gasteiger partial charge in [0, 0.05) is 5.69 Å². The fourth-order valence-corrected chi connectivity index (χ4v) is 3.20. The van der Waals surface area contributed by atoms with Gasteiger partial charge in [0.25, 0.3) is 0 Å². The van der Waals surface area contributed by atoms with Gasteiger partial charge in [-0.25, -0.2) is 4.98 Å². The molecule has 1 N–H and O–H groups in total. The van der Waals surface area contributed by atoms with E-state index in [1.54, 1.807) is 11.3 Å². The number of hydrogen-bond acceptors (Lipinski definition) is 3. The molecule has 21 heavy (non-hydrogen) atoms. The molecule has 2 aromatic carbocycles. The molecule has 3 aromatic rings. The Morgan fingerprint density at radius 1 is 1.19 bits per heavy atom. The highest BCUT2D eigenvalue weighted by Crippen LogP contribution is 2.24. The Bertz CT molecular complexity index is 807. The average Bonchev–Trinajstić information content (AvgIpc) is 2.78. The number of fused-ring (bicyclic) bond motifs is 1. The molecule has 0 radical (unpaired) electrons. The summed E-state index contributed by atoms with van der Waals surface area (Å²) < 4.78 is 1.10. The predicted molar refractivity (Wildman–Crippen MR) is 87.9 cm³/mol. The van der Waals surface area contributed by atoms with E-state index in [1.807, 2.05) is 56.3 Å². The van der Waals surface area contributed by atoms with Gasteiger partial charge < -0.3 is 5.32 Å². The van der Waals surface area contributed by atoms with E-state index in [0.717, 1.165) is 26.5 Å². The summed E-state index contributed by atoms with van der Waals surface area (Å²) in [5.74, 6) is 0.00110. The van der Waals surface area contributed by atoms with Crippen molar-refractivity contribution in [3.8, 4) is 0 Å². The van der Waals surface area contributed by atoms with Gasteiger partial charge in [-0.05, 0) is 37.6 Å². The van der Waals surface area contributed by atoms with E-state index in [-0.39, 0.29) is 5.91 Å². The quantitative estimate of drug-likeness (QED) is 0.791. The van der Waals surface area contributed by atoms with E-state index >= 15 is 0 Å². The van der Waals surface area contributed by atoms with Gasteiger partial charge in [0.15, 0.2) is 0 Å². The fraction of sp³-hybridized carbons (Fsp3) is 0.176. The van der Waals surface area contributed by atoms with Crippen LogP contribution in [0.25, 0.3) is 10.2 Å². The summed E-state index contributed by atoms with van der Waals surface area (Å²) in [5, 5.41) is 3.99. The number of hydrogen-bond donors (Lipinski definition) is 1. The maximum absolute atomic E-state index is 12.1. The minimum atomic E-state index is 0.00110. The number of carbonyl (C=O) groups excluding carboxylic acids is 1. The highest BCUT2D eigenvalue weighted by molar-refractivity contribution is 7.18. The summed E-state index contributed by atoms with van der Waals surface area (Å²) in [7, 11) is 0. The predicted octanol–water partition coefficient (Wildman–Crippen LogP) is 4.09. The zero-order chi connectivity index (χ0) is 14.8. The van der Waals surface area contributed by atoms with Crippen LogP contribution in [0.4, 0.5) is 5.69 Å². The van der Waals surface area contributed by atoms with Crippen molar-refractivity contribution in [2.75, 3.05) is 5.32 Å². The number of thiazole rings is 1. The van der Waals surface area contributed by atoms with Crippen LogP contribution in [0, 0.1) is 13.8 Å². The fourth-order valence-electron chi connectivity index (χ4n) is 2.33. The molecule has 1 amide bonds. The van der Waals surface area contributed by atoms with E-state index in [4.69, 9.17) is 0 Å². The van der Waals surface area contributed by atoms with Gasteiger partial charge >= 0.3 is 0 Å². The van der Waals surface area contributed by atoms with Gasteiger partial charge in [-0.3, -0.25) is 4.79 Å². The largest absolute Gasteiger partial charge is 0.326 e. The number of amides is 1. The summed E-state index contributed by atoms with van der Waals surface area (Å²) >= 11 is 1.64. The van der Waals surface area contributed by atoms with Gasteiger partial charge in [-0.2, -0.15) is 0 Å². The van der Waals surface area contributed by atoms with Crippen LogP contribution in [0.2, 0.25) is 0 Å². The van der Waals surface area contributed by atoms with Gasteiger partial charge in [0.05, 0.1) is 21.6 Å². The summed E-state index contributed by atoms with van der Waals surface area (Å²) in [6, 6.07) is 13.8. The molecule has 0 aliphatic heterocycles. The van der Waals surface area contributed by atoms with Crippen LogP contribution in [-0.4, -0.2) is 10.9 Å². The van der Waals surface area contributed by atoms with Crippen LogP contribution in [0.1, 0.15) is 16.1 Å². The van der Waals surface area contributed by atoms with Crippen LogP contribution >= 0.6 is 11.3 Å². The zero-order valence-electron chi connectivity index (χ0n) is 12.0. The van der Waals surface area contributed by atoms with Crippen molar-refractivity contribution in [2.45, 2.75) is 20.3 Å². The lowest BCUT2D eigenvalue weighted by atomic mass is 10.1. The Morgan fingerprint density at radius 3 is 2.86 bits per heavy atom. The van der Waals surface area contributed by atoms with Gasteiger partial charge in [0.2, 0.25) is 5.91 Å². The first kappa shape index (κ1) is 13.8. The van der Waals surface area contributed by atoms with Gasteiger partial charge in [0.1, 0.15) is 0 Å². The summed E-state index contributed by atoms with van der Waals surface area (Å²) in [6.45, 7) is 4.02. The number of anilines is 1. The molecular formula is C17H16N2OS. The number of rotatable bonds is 3. The Morgan fingerprint density at radius 2 is 2.05 bits per heavy atom. The number of aryl methyl sites for hydroxylation is 2. The number of carbonyl (C=O) groups is 1. The molecule has 106 valence electrons. The molecule has 1 aromatic heterocycles. The standard InChI is InChI=1S/C17H16N2OS/c1-11-4-3-5-13(8-11)9-17(20)19-14-6-7-15-16(10-14)21-12(2)18-15/h3-8,10H,9H2,1-2H3,(H,19,20). The molecule has 0 unspecified atom stereocenters. The lowest BCUT2D eigenvalue weighted by molar-refractivity contribution is -0.115. The highest BCUT2D eigenvalue weighted by Gasteiger charge is 2.06. The minimum Gasteiger partial charge on any atom is -0.326 e. The first-order chi connectivity index (χ1) is 10.1. The van der Waals surface area contributed by atoms with Crippen molar-refractivity contribution in [3.63, 3.8) is 0 Å². The second-order valence-corrected chi connectivity index (χ2v) is 6.36. The Labute approximate surface area is 127 Å². The van der Waals surface area contributed by atoms with Crippen molar-refractivity contribution in [3.05, 3.63) is 58.6 Å². The number of benzene rings is 2. The van der Waals surface area contributed by atoms with Gasteiger partial charge in [-0.1, -0.05) is 29.8 Å². The smallest absolute Gasteiger partial charge is 0.228 e. The average molecular weight is 296 g/mol. The molecule has 0 atom stereocenters. The Balaban J connectivity index is 1.73. The van der Waals surface area contributed by atoms with Gasteiger partial charge in [-0.15, -0.1) is 11.3 Å². The lowest BCUT2D eigenvalue weighted by Gasteiger charge is -2.06. The van der Waals surface area contributed by atoms with E-state index < -0.39 is 0 Å². The topological polar surface area (TPSA) is 42.0 Å². The molecule has 0 aliphatic carbocycles. The third-order valence-electron chi connectivity index (χ3n) is 3.23. The molecular weight excluding hydrogens is 280 g/mol. The Hall–Kier alpha value is -2.20. The normalized spacial score (nSPS) is 10.8. The zero-order valence-corrected chi connectivity index (χ0v) is 12.8. The third-order valence-corrected chi connectivity index (χ3v) is 4.16. The molecule has 1 heterocycles. The second kappa shape index (κ2) is 5.66. The van der Waals surface area contributed by atoms with E-state index in [2.05, 4.69) is 10.3 Å². The van der Waals surface area contributed by atoms with Crippen LogP contribution in [0.15, 0.2) is 42.5 Å². The minimum absolute atomic E-state index is 0.00110. The summed E-state index contributed by atoms with van der Waals surface area (Å²) in [5.41, 5.74) is 4.00. The second-order valence-electron chi connectivity index (χ2n) is 5.13. The van der Waals surface area contributed by atoms with E-state index in [9.17, 15) is 4.79 Å². The Kier molecular flexibility index (Phi) is 3.71. The molecule has 0 aliphatic rings. The number of nitrogens with zero attached hydrogens (tertiary/aromatic N) is 1. The van der Waals surface area contributed by atoms with Crippen LogP contribution < -0.4 is 5.32 Å². The SMILES string of the molecule is Cc1cccc(CC(=O)Nc2ccc3nc(C)sc3c2)c1. The first-order valence-electron chi connectivity index (χ1n) is 6.83. The van der Waals surface area contributed by atoms with Crippen LogP contribution in [0.3, 0.4) is 0 Å². The van der Waals surface area contributed by atoms with Crippen molar-refractivity contribution < 1.29 is 4.79 Å². The van der Waals surface area contributed by atoms with Crippen molar-refractivity contribution in [1.82, 2.24) is 4.98 Å². The first-order valence-corrected chi connectivity index (χ1v) is 7.64. The van der Waals surface area contributed by atoms with Crippen LogP contribution in [-0.2, 0) is 11.2 Å². The molecule has 0 saturated heterocycles. The summed E-state index contributed by atoms with van der Waals surface area (Å²) in [4.78, 5) is 16.5. The molecule has 4 heteroatoms. The maximum Gasteiger partial charge on any atom is 0.228 e. The molecule has 3 rings (SSSR count). The maximum atomic E-state index is 12.1. The number of aromatic nitrogens is 1. The molecule has 3 nitrogen and oxygen atoms in total. The van der Waals surface area contributed by atoms with E-state index in [0.29, 0.717) is 6.42 Å². The van der Waals surface area contributed by atoms with E-state index in [1.165, 1.54) is 5.56 Å². The molecule has 0 saturated carbocycles. The van der Waals surface area contributed by atoms with Crippen molar-refractivity contribution in [2.24, 2.45) is 0 Å². The molecule has 0 bridgehead atoms. The summed E-state index contributed by atoms with van der Waals surface area (Å²) in [6.07, 6.45) is 0.390. The van der Waals surface area contributed by atoms with Crippen molar-refractivity contribution >= 4 is 33.1 Å². The van der Waals surface area contributed by atoms with Crippen molar-refractivity contribution in [1.29, 1.82) is 0 Å². The molecule has 0 spiro atoms. The molecule has 0 fully saturated rings.